The van der Waals surface area contributed by atoms with E-state index < -0.39 is 18.2 Å². The Morgan fingerprint density at radius 1 is 0.951 bits per heavy atom. The lowest BCUT2D eigenvalue weighted by Crippen LogP contribution is -2.48. The number of carbonyl (C=O) groups is 1. The number of rotatable bonds is 17. The Bertz CT molecular complexity index is 1190. The molecule has 224 valence electrons. The highest BCUT2D eigenvalue weighted by molar-refractivity contribution is 7.19. The number of ether oxygens (including phenoxy) is 4. The molecule has 0 aliphatic carbocycles. The van der Waals surface area contributed by atoms with E-state index in [2.05, 4.69) is 51.1 Å². The van der Waals surface area contributed by atoms with Crippen molar-refractivity contribution >= 4 is 27.4 Å². The number of carboxylic acid groups (broad SMARTS) is 1. The molecule has 4 atom stereocenters. The summed E-state index contributed by atoms with van der Waals surface area (Å²) in [5.41, 5.74) is 1.95. The maximum Gasteiger partial charge on any atom is 0.336 e. The molecule has 0 unspecified atom stereocenters. The summed E-state index contributed by atoms with van der Waals surface area (Å²) in [5.74, 6) is -0.964. The van der Waals surface area contributed by atoms with Gasteiger partial charge < -0.3 is 24.1 Å². The Morgan fingerprint density at radius 3 is 2.41 bits per heavy atom. The Labute approximate surface area is 249 Å². The van der Waals surface area contributed by atoms with Crippen molar-refractivity contribution in [1.29, 1.82) is 0 Å². The van der Waals surface area contributed by atoms with E-state index in [1.165, 1.54) is 15.0 Å². The minimum atomic E-state index is -0.964. The normalized spacial score (nSPS) is 21.0. The average Bonchev–Trinajstić information content (AvgIpc) is 3.38. The van der Waals surface area contributed by atoms with Gasteiger partial charge in [0.15, 0.2) is 0 Å². The van der Waals surface area contributed by atoms with E-state index in [9.17, 15) is 9.90 Å². The summed E-state index contributed by atoms with van der Waals surface area (Å²) in [6.45, 7) is 8.79. The van der Waals surface area contributed by atoms with Gasteiger partial charge in [-0.2, -0.15) is 0 Å². The summed E-state index contributed by atoms with van der Waals surface area (Å²) in [4.78, 5) is 13.7. The van der Waals surface area contributed by atoms with Crippen LogP contribution in [0.25, 0.3) is 10.1 Å². The van der Waals surface area contributed by atoms with E-state index in [0.29, 0.717) is 38.4 Å². The molecule has 2 heterocycles. The van der Waals surface area contributed by atoms with Crippen molar-refractivity contribution in [2.75, 3.05) is 26.4 Å². The van der Waals surface area contributed by atoms with Gasteiger partial charge in [0.25, 0.3) is 0 Å². The summed E-state index contributed by atoms with van der Waals surface area (Å²) in [6.07, 6.45) is 6.01. The summed E-state index contributed by atoms with van der Waals surface area (Å²) >= 11 is 1.77. The highest BCUT2D eigenvalue weighted by atomic mass is 32.1. The molecule has 0 saturated carbocycles. The zero-order valence-electron chi connectivity index (χ0n) is 24.8. The second-order valence-corrected chi connectivity index (χ2v) is 12.1. The third-order valence-corrected chi connectivity index (χ3v) is 8.71. The lowest BCUT2D eigenvalue weighted by molar-refractivity contribution is -0.213. The largest absolute Gasteiger partial charge is 0.478 e. The van der Waals surface area contributed by atoms with Crippen LogP contribution in [0.1, 0.15) is 98.2 Å². The number of carboxylic acids is 1. The molecule has 6 nitrogen and oxygen atoms in total. The van der Waals surface area contributed by atoms with Crippen LogP contribution in [0.2, 0.25) is 0 Å². The molecular weight excluding hydrogens is 536 g/mol. The molecule has 0 radical (unpaired) electrons. The quantitative estimate of drug-likeness (QED) is 0.162. The topological polar surface area (TPSA) is 74.2 Å². The summed E-state index contributed by atoms with van der Waals surface area (Å²) in [6, 6.07) is 16.3. The maximum absolute atomic E-state index is 12.5. The zero-order valence-corrected chi connectivity index (χ0v) is 25.6. The van der Waals surface area contributed by atoms with E-state index in [4.69, 9.17) is 18.9 Å². The molecule has 3 aromatic rings. The number of fused-ring (bicyclic) bond motifs is 1. The standard InChI is InChI=1S/C34H46O6S/c1-4-7-16-37-23-26-22-30(38-17-8-5-2)33(39-18-9-6-3)32(40-26)29-20-24(14-15-28(29)34(35)36)19-27-21-25-12-10-11-13-31(25)41-27/h10-15,20-21,26,30,32-33H,4-9,16-19,22-23H2,1-3H3,(H,35,36)/t26-,30-,32-,33+/m0/s1. The zero-order chi connectivity index (χ0) is 29.0. The van der Waals surface area contributed by atoms with E-state index in [1.807, 2.05) is 12.1 Å². The SMILES string of the molecule is CCCCOC[C@@H]1C[C@H](OCCCC)[C@@H](OCCCC)[C@H](c2cc(Cc3cc4ccccc4s3)ccc2C(=O)O)O1. The van der Waals surface area contributed by atoms with E-state index in [0.717, 1.165) is 50.5 Å². The fourth-order valence-corrected chi connectivity index (χ4v) is 6.42. The third kappa shape index (κ3) is 8.85. The molecule has 4 rings (SSSR count). The summed E-state index contributed by atoms with van der Waals surface area (Å²) in [5, 5.41) is 11.5. The Hall–Kier alpha value is -2.29. The molecule has 7 heteroatoms. The molecule has 0 spiro atoms. The fourth-order valence-electron chi connectivity index (χ4n) is 5.33. The van der Waals surface area contributed by atoms with Crippen molar-refractivity contribution in [1.82, 2.24) is 0 Å². The van der Waals surface area contributed by atoms with Crippen LogP contribution in [0, 0.1) is 0 Å². The Morgan fingerprint density at radius 2 is 1.68 bits per heavy atom. The van der Waals surface area contributed by atoms with Crippen molar-refractivity contribution < 1.29 is 28.8 Å². The minimum Gasteiger partial charge on any atom is -0.478 e. The van der Waals surface area contributed by atoms with Crippen LogP contribution < -0.4 is 0 Å². The van der Waals surface area contributed by atoms with E-state index in [-0.39, 0.29) is 17.8 Å². The van der Waals surface area contributed by atoms with Gasteiger partial charge in [-0.1, -0.05) is 70.4 Å². The molecule has 1 aromatic heterocycles. The number of unbranched alkanes of at least 4 members (excludes halogenated alkanes) is 3. The smallest absolute Gasteiger partial charge is 0.336 e. The van der Waals surface area contributed by atoms with Crippen molar-refractivity contribution in [2.24, 2.45) is 0 Å². The van der Waals surface area contributed by atoms with E-state index >= 15 is 0 Å². The number of hydrogen-bond acceptors (Lipinski definition) is 6. The average molecular weight is 583 g/mol. The van der Waals surface area contributed by atoms with Crippen LogP contribution in [0.4, 0.5) is 0 Å². The van der Waals surface area contributed by atoms with Crippen LogP contribution in [-0.4, -0.2) is 55.8 Å². The van der Waals surface area contributed by atoms with Crippen LogP contribution in [0.3, 0.4) is 0 Å². The van der Waals surface area contributed by atoms with Gasteiger partial charge in [0.05, 0.1) is 24.4 Å². The predicted octanol–water partition coefficient (Wildman–Crippen LogP) is 8.21. The molecule has 1 aliphatic heterocycles. The van der Waals surface area contributed by atoms with Gasteiger partial charge in [-0.05, 0) is 54.0 Å². The highest BCUT2D eigenvalue weighted by Gasteiger charge is 2.42. The fraction of sp³-hybridized carbons (Fsp3) is 0.559. The van der Waals surface area contributed by atoms with Crippen LogP contribution in [0.5, 0.6) is 0 Å². The van der Waals surface area contributed by atoms with Crippen LogP contribution in [0.15, 0.2) is 48.5 Å². The van der Waals surface area contributed by atoms with Crippen molar-refractivity contribution in [2.45, 2.75) is 96.6 Å². The molecular formula is C34H46O6S. The molecule has 1 N–H and O–H groups in total. The first-order valence-corrected chi connectivity index (χ1v) is 16.2. The van der Waals surface area contributed by atoms with Crippen molar-refractivity contribution in [3.8, 4) is 0 Å². The second-order valence-electron chi connectivity index (χ2n) is 10.9. The monoisotopic (exact) mass is 582 g/mol. The third-order valence-electron chi connectivity index (χ3n) is 7.59. The molecule has 1 saturated heterocycles. The highest BCUT2D eigenvalue weighted by Crippen LogP contribution is 2.38. The van der Waals surface area contributed by atoms with Gasteiger partial charge in [0.2, 0.25) is 0 Å². The predicted molar refractivity (Wildman–Crippen MR) is 165 cm³/mol. The van der Waals surface area contributed by atoms with Gasteiger partial charge in [0.1, 0.15) is 12.2 Å². The lowest BCUT2D eigenvalue weighted by atomic mass is 9.88. The summed E-state index contributed by atoms with van der Waals surface area (Å²) in [7, 11) is 0. The first-order valence-electron chi connectivity index (χ1n) is 15.3. The van der Waals surface area contributed by atoms with Gasteiger partial charge in [-0.15, -0.1) is 11.3 Å². The molecule has 0 amide bonds. The van der Waals surface area contributed by atoms with Gasteiger partial charge in [-0.25, -0.2) is 4.79 Å². The van der Waals surface area contributed by atoms with Crippen LogP contribution >= 0.6 is 11.3 Å². The summed E-state index contributed by atoms with van der Waals surface area (Å²) < 4.78 is 26.8. The Kier molecular flexibility index (Phi) is 12.6. The second kappa shape index (κ2) is 16.4. The maximum atomic E-state index is 12.5. The van der Waals surface area contributed by atoms with Crippen LogP contribution in [-0.2, 0) is 25.4 Å². The van der Waals surface area contributed by atoms with Crippen molar-refractivity contribution in [3.63, 3.8) is 0 Å². The minimum absolute atomic E-state index is 0.204. The Balaban J connectivity index is 1.67. The molecule has 1 aliphatic rings. The number of aromatic carboxylic acids is 1. The van der Waals surface area contributed by atoms with Gasteiger partial charge in [0, 0.05) is 42.2 Å². The number of hydrogen-bond donors (Lipinski definition) is 1. The van der Waals surface area contributed by atoms with Crippen molar-refractivity contribution in [3.05, 3.63) is 70.1 Å². The van der Waals surface area contributed by atoms with Gasteiger partial charge >= 0.3 is 5.97 Å². The van der Waals surface area contributed by atoms with E-state index in [1.54, 1.807) is 17.4 Å². The first-order chi connectivity index (χ1) is 20.0. The number of benzene rings is 2. The lowest BCUT2D eigenvalue weighted by Gasteiger charge is -2.42. The molecule has 2 aromatic carbocycles. The molecule has 41 heavy (non-hydrogen) atoms. The molecule has 1 fully saturated rings. The first kappa shape index (κ1) is 31.6. The molecule has 0 bridgehead atoms. The van der Waals surface area contributed by atoms with Gasteiger partial charge in [-0.3, -0.25) is 0 Å². The number of thiophene rings is 1.